The second kappa shape index (κ2) is 7.54. The Labute approximate surface area is 157 Å². The normalized spacial score (nSPS) is 11.0. The Morgan fingerprint density at radius 3 is 2.50 bits per heavy atom. The summed E-state index contributed by atoms with van der Waals surface area (Å²) < 4.78 is 0. The Balaban J connectivity index is 1.73. The van der Waals surface area contributed by atoms with Gasteiger partial charge >= 0.3 is 0 Å². The Bertz CT molecular complexity index is 971. The third kappa shape index (κ3) is 4.18. The van der Waals surface area contributed by atoms with E-state index in [1.807, 2.05) is 19.1 Å². The molecule has 0 spiro atoms. The number of benzene rings is 2. The number of thiazole rings is 1. The molecule has 3 N–H and O–H groups in total. The maximum atomic E-state index is 12.2. The number of rotatable bonds is 4. The number of nitrogens with one attached hydrogen (secondary N) is 1. The van der Waals surface area contributed by atoms with Crippen molar-refractivity contribution in [2.45, 2.75) is 20.8 Å². The first kappa shape index (κ1) is 17.9. The van der Waals surface area contributed by atoms with Crippen LogP contribution in [0.1, 0.15) is 21.6 Å². The van der Waals surface area contributed by atoms with E-state index >= 15 is 0 Å². The van der Waals surface area contributed by atoms with Gasteiger partial charge in [0.25, 0.3) is 0 Å². The van der Waals surface area contributed by atoms with E-state index in [0.29, 0.717) is 10.8 Å². The molecule has 3 rings (SSSR count). The number of amides is 1. The number of nitrogen functional groups attached to an aromatic ring is 1. The smallest absolute Gasteiger partial charge is 0.250 e. The lowest BCUT2D eigenvalue weighted by Crippen LogP contribution is -2.07. The van der Waals surface area contributed by atoms with Crippen molar-refractivity contribution in [3.63, 3.8) is 0 Å². The molecule has 2 aromatic carbocycles. The zero-order valence-electron chi connectivity index (χ0n) is 15.0. The van der Waals surface area contributed by atoms with E-state index in [9.17, 15) is 4.79 Å². The fourth-order valence-corrected chi connectivity index (χ4v) is 3.37. The van der Waals surface area contributed by atoms with Gasteiger partial charge in [0, 0.05) is 22.2 Å². The van der Waals surface area contributed by atoms with E-state index in [1.165, 1.54) is 28.5 Å². The predicted molar refractivity (Wildman–Crippen MR) is 110 cm³/mol. The number of hydrogen-bond donors (Lipinski definition) is 2. The SMILES string of the molecule is Cc1ccc(-c2nc(NC(=O)/C=C/c3ccc(N)cc3)sc2C)cc1C. The molecule has 0 aliphatic heterocycles. The summed E-state index contributed by atoms with van der Waals surface area (Å²) in [5.41, 5.74) is 11.7. The number of carbonyl (C=O) groups excluding carboxylic acids is 1. The fourth-order valence-electron chi connectivity index (χ4n) is 2.53. The summed E-state index contributed by atoms with van der Waals surface area (Å²) in [4.78, 5) is 17.8. The molecule has 0 aliphatic carbocycles. The Hall–Kier alpha value is -2.92. The monoisotopic (exact) mass is 363 g/mol. The highest BCUT2D eigenvalue weighted by atomic mass is 32.1. The lowest BCUT2D eigenvalue weighted by molar-refractivity contribution is -0.111. The van der Waals surface area contributed by atoms with Gasteiger partial charge in [-0.2, -0.15) is 0 Å². The minimum Gasteiger partial charge on any atom is -0.399 e. The molecule has 5 heteroatoms. The zero-order chi connectivity index (χ0) is 18.7. The maximum absolute atomic E-state index is 12.2. The third-order valence-electron chi connectivity index (χ3n) is 4.17. The van der Waals surface area contributed by atoms with Crippen molar-refractivity contribution >= 4 is 34.1 Å². The lowest BCUT2D eigenvalue weighted by atomic mass is 10.0. The largest absolute Gasteiger partial charge is 0.399 e. The van der Waals surface area contributed by atoms with Gasteiger partial charge in [-0.15, -0.1) is 11.3 Å². The summed E-state index contributed by atoms with van der Waals surface area (Å²) in [5, 5.41) is 3.44. The van der Waals surface area contributed by atoms with Gasteiger partial charge in [0.2, 0.25) is 5.91 Å². The molecule has 1 aromatic heterocycles. The molecular formula is C21H21N3OS. The number of aryl methyl sites for hydroxylation is 3. The molecule has 4 nitrogen and oxygen atoms in total. The van der Waals surface area contributed by atoms with Gasteiger partial charge in [0.15, 0.2) is 5.13 Å². The first-order valence-corrected chi connectivity index (χ1v) is 9.13. The summed E-state index contributed by atoms with van der Waals surface area (Å²) in [5.74, 6) is -0.206. The van der Waals surface area contributed by atoms with Crippen molar-refractivity contribution in [1.29, 1.82) is 0 Å². The molecule has 3 aromatic rings. The molecule has 0 unspecified atom stereocenters. The van der Waals surface area contributed by atoms with Crippen molar-refractivity contribution in [3.8, 4) is 11.3 Å². The van der Waals surface area contributed by atoms with Crippen LogP contribution in [0.5, 0.6) is 0 Å². The molecular weight excluding hydrogens is 342 g/mol. The van der Waals surface area contributed by atoms with Crippen LogP contribution in [0, 0.1) is 20.8 Å². The van der Waals surface area contributed by atoms with E-state index in [1.54, 1.807) is 18.2 Å². The highest BCUT2D eigenvalue weighted by Crippen LogP contribution is 2.31. The minimum atomic E-state index is -0.206. The fraction of sp³-hybridized carbons (Fsp3) is 0.143. The molecule has 0 saturated heterocycles. The highest BCUT2D eigenvalue weighted by Gasteiger charge is 2.11. The van der Waals surface area contributed by atoms with E-state index in [2.05, 4.69) is 42.3 Å². The minimum absolute atomic E-state index is 0.206. The number of hydrogen-bond acceptors (Lipinski definition) is 4. The molecule has 0 saturated carbocycles. The van der Waals surface area contributed by atoms with Gasteiger partial charge in [-0.05, 0) is 61.7 Å². The van der Waals surface area contributed by atoms with Gasteiger partial charge in [0.05, 0.1) is 5.69 Å². The van der Waals surface area contributed by atoms with Crippen LogP contribution in [0.2, 0.25) is 0 Å². The number of aromatic nitrogens is 1. The van der Waals surface area contributed by atoms with E-state index in [4.69, 9.17) is 5.73 Å². The van der Waals surface area contributed by atoms with Gasteiger partial charge in [-0.3, -0.25) is 10.1 Å². The van der Waals surface area contributed by atoms with E-state index in [0.717, 1.165) is 21.7 Å². The van der Waals surface area contributed by atoms with Gasteiger partial charge in [0.1, 0.15) is 0 Å². The summed E-state index contributed by atoms with van der Waals surface area (Å²) >= 11 is 1.48. The van der Waals surface area contributed by atoms with Crippen LogP contribution < -0.4 is 11.1 Å². The average Bonchev–Trinajstić information content (AvgIpc) is 2.97. The summed E-state index contributed by atoms with van der Waals surface area (Å²) in [6.07, 6.45) is 3.25. The standard InChI is InChI=1S/C21H21N3OS/c1-13-4-8-17(12-14(13)2)20-15(3)26-21(24-20)23-19(25)11-7-16-5-9-18(22)10-6-16/h4-12H,22H2,1-3H3,(H,23,24,25)/b11-7+. The molecule has 1 amide bonds. The van der Waals surface area contributed by atoms with E-state index < -0.39 is 0 Å². The van der Waals surface area contributed by atoms with Crippen molar-refractivity contribution < 1.29 is 4.79 Å². The van der Waals surface area contributed by atoms with Crippen LogP contribution in [0.3, 0.4) is 0 Å². The van der Waals surface area contributed by atoms with Gasteiger partial charge in [-0.1, -0.05) is 24.3 Å². The summed E-state index contributed by atoms with van der Waals surface area (Å²) in [6, 6.07) is 13.6. The van der Waals surface area contributed by atoms with Crippen LogP contribution in [0.4, 0.5) is 10.8 Å². The number of carbonyl (C=O) groups is 1. The summed E-state index contributed by atoms with van der Waals surface area (Å²) in [7, 11) is 0. The molecule has 0 radical (unpaired) electrons. The van der Waals surface area contributed by atoms with Crippen LogP contribution in [0.15, 0.2) is 48.5 Å². The van der Waals surface area contributed by atoms with Crippen LogP contribution in [-0.2, 0) is 4.79 Å². The third-order valence-corrected chi connectivity index (χ3v) is 5.06. The van der Waals surface area contributed by atoms with Crippen molar-refractivity contribution in [2.24, 2.45) is 0 Å². The molecule has 26 heavy (non-hydrogen) atoms. The van der Waals surface area contributed by atoms with Crippen molar-refractivity contribution in [3.05, 3.63) is 70.1 Å². The molecule has 0 atom stereocenters. The Morgan fingerprint density at radius 2 is 1.81 bits per heavy atom. The zero-order valence-corrected chi connectivity index (χ0v) is 15.9. The maximum Gasteiger partial charge on any atom is 0.250 e. The van der Waals surface area contributed by atoms with Crippen LogP contribution >= 0.6 is 11.3 Å². The first-order valence-electron chi connectivity index (χ1n) is 8.32. The quantitative estimate of drug-likeness (QED) is 0.508. The average molecular weight is 363 g/mol. The molecule has 132 valence electrons. The molecule has 0 bridgehead atoms. The van der Waals surface area contributed by atoms with Gasteiger partial charge in [-0.25, -0.2) is 4.98 Å². The Morgan fingerprint density at radius 1 is 1.08 bits per heavy atom. The first-order chi connectivity index (χ1) is 12.4. The number of nitrogens with zero attached hydrogens (tertiary/aromatic N) is 1. The molecule has 1 heterocycles. The predicted octanol–water partition coefficient (Wildman–Crippen LogP) is 4.97. The second-order valence-electron chi connectivity index (χ2n) is 6.21. The van der Waals surface area contributed by atoms with Crippen molar-refractivity contribution in [1.82, 2.24) is 4.98 Å². The van der Waals surface area contributed by atoms with Gasteiger partial charge < -0.3 is 5.73 Å². The van der Waals surface area contributed by atoms with Crippen molar-refractivity contribution in [2.75, 3.05) is 11.1 Å². The number of anilines is 2. The molecule has 0 fully saturated rings. The van der Waals surface area contributed by atoms with Crippen LogP contribution in [0.25, 0.3) is 17.3 Å². The Kier molecular flexibility index (Phi) is 5.19. The summed E-state index contributed by atoms with van der Waals surface area (Å²) in [6.45, 7) is 6.19. The lowest BCUT2D eigenvalue weighted by Gasteiger charge is -2.03. The number of nitrogens with two attached hydrogens (primary N) is 1. The highest BCUT2D eigenvalue weighted by molar-refractivity contribution is 7.16. The van der Waals surface area contributed by atoms with E-state index in [-0.39, 0.29) is 5.91 Å². The molecule has 0 aliphatic rings. The topological polar surface area (TPSA) is 68.0 Å². The van der Waals surface area contributed by atoms with Crippen LogP contribution in [-0.4, -0.2) is 10.9 Å². The second-order valence-corrected chi connectivity index (χ2v) is 7.42.